The molecule has 0 aliphatic heterocycles. The number of carbonyl (C=O) groups is 2. The predicted molar refractivity (Wildman–Crippen MR) is 148 cm³/mol. The van der Waals surface area contributed by atoms with Crippen molar-refractivity contribution in [2.45, 2.75) is 129 Å². The molecule has 0 saturated heterocycles. The molecule has 0 saturated carbocycles. The van der Waals surface area contributed by atoms with Gasteiger partial charge >= 0.3 is 71.1 Å². The van der Waals surface area contributed by atoms with Crippen LogP contribution in [0.1, 0.15) is 117 Å². The summed E-state index contributed by atoms with van der Waals surface area (Å²) in [6.07, 6.45) is 15.4. The fourth-order valence-electron chi connectivity index (χ4n) is 3.50. The molecule has 0 aliphatic rings. The van der Waals surface area contributed by atoms with Crippen LogP contribution in [-0.2, 0) is 9.59 Å². The summed E-state index contributed by atoms with van der Waals surface area (Å²) in [5, 5.41) is 42.8. The Morgan fingerprint density at radius 2 is 0.895 bits per heavy atom. The molecule has 0 rings (SSSR count). The van der Waals surface area contributed by atoms with Gasteiger partial charge in [0.1, 0.15) is 0 Å². The summed E-state index contributed by atoms with van der Waals surface area (Å²) in [6.45, 7) is 4.32. The minimum atomic E-state index is -1.18. The van der Waals surface area contributed by atoms with Crippen molar-refractivity contribution < 1.29 is 89.1 Å². The summed E-state index contributed by atoms with van der Waals surface area (Å²) >= 11 is 0. The van der Waals surface area contributed by atoms with Crippen molar-refractivity contribution in [3.8, 4) is 0 Å². The first-order valence-corrected chi connectivity index (χ1v) is 16.0. The molecule has 12 heteroatoms. The monoisotopic (exact) mass is 592 g/mol. The number of rotatable bonds is 25. The maximum Gasteiger partial charge on any atom is 1.00 e. The fraction of sp³-hybridized carbons (Fsp3) is 0.846. The van der Waals surface area contributed by atoms with Gasteiger partial charge in [-0.15, -0.1) is 0 Å². The van der Waals surface area contributed by atoms with Crippen molar-refractivity contribution in [3.63, 3.8) is 0 Å². The molecule has 8 nitrogen and oxygen atoms in total. The van der Waals surface area contributed by atoms with Crippen molar-refractivity contribution in [1.82, 2.24) is 0 Å². The van der Waals surface area contributed by atoms with Crippen LogP contribution in [0.2, 0.25) is 0 Å². The number of unbranched alkanes of at least 4 members (excludes halogenated alkanes) is 12. The van der Waals surface area contributed by atoms with Crippen LogP contribution in [0, 0.1) is 0 Å². The molecule has 0 aromatic heterocycles. The van der Waals surface area contributed by atoms with Crippen molar-refractivity contribution in [2.75, 3.05) is 11.5 Å². The van der Waals surface area contributed by atoms with Gasteiger partial charge in [0.2, 0.25) is 0 Å². The summed E-state index contributed by atoms with van der Waals surface area (Å²) < 4.78 is 0. The molecule has 2 N–H and O–H groups in total. The molecule has 0 unspecified atom stereocenters. The topological polar surface area (TPSA) is 145 Å². The normalized spacial score (nSPS) is 13.3. The molecule has 0 amide bonds. The van der Waals surface area contributed by atoms with Gasteiger partial charge in [-0.2, -0.15) is 0 Å². The van der Waals surface area contributed by atoms with E-state index in [1.54, 1.807) is 0 Å². The Morgan fingerprint density at radius 3 is 1.18 bits per heavy atom. The zero-order valence-electron chi connectivity index (χ0n) is 24.1. The third kappa shape index (κ3) is 26.8. The molecule has 2 atom stereocenters. The average Bonchev–Trinajstić information content (AvgIpc) is 2.83. The van der Waals surface area contributed by atoms with Gasteiger partial charge in [-0.3, -0.25) is 9.98 Å². The summed E-state index contributed by atoms with van der Waals surface area (Å²) in [7, 11) is 2.26. The van der Waals surface area contributed by atoms with Crippen LogP contribution in [0.3, 0.4) is 0 Å². The molecular formula is C26H46N2Na2O6S2. The van der Waals surface area contributed by atoms with E-state index in [9.17, 15) is 30.0 Å². The SMILES string of the molecule is CCCCCCCCCC([O-])=N[C@@H](CSSC[C@H](N=C([O-])CCCCCCCCC)C(=O)O)C(=O)O.[Na+].[Na+]. The second kappa shape index (κ2) is 30.5. The number of aliphatic carboxylic acids is 2. The molecule has 0 aliphatic carbocycles. The van der Waals surface area contributed by atoms with E-state index in [-0.39, 0.29) is 83.5 Å². The number of carboxylic acids is 2. The summed E-state index contributed by atoms with van der Waals surface area (Å²) in [5.41, 5.74) is 0. The molecule has 0 fully saturated rings. The second-order valence-corrected chi connectivity index (χ2v) is 11.6. The van der Waals surface area contributed by atoms with E-state index < -0.39 is 35.8 Å². The maximum atomic E-state index is 12.0. The minimum absolute atomic E-state index is 0. The predicted octanol–water partition coefficient (Wildman–Crippen LogP) is -0.919. The zero-order chi connectivity index (χ0) is 27.0. The van der Waals surface area contributed by atoms with E-state index in [0.29, 0.717) is 12.8 Å². The molecule has 210 valence electrons. The van der Waals surface area contributed by atoms with Gasteiger partial charge in [0, 0.05) is 11.5 Å². The first kappa shape index (κ1) is 43.0. The van der Waals surface area contributed by atoms with Crippen LogP contribution in [0.15, 0.2) is 9.98 Å². The van der Waals surface area contributed by atoms with Crippen LogP contribution in [-0.4, -0.2) is 57.5 Å². The molecule has 0 radical (unpaired) electrons. The third-order valence-corrected chi connectivity index (χ3v) is 8.08. The van der Waals surface area contributed by atoms with E-state index in [2.05, 4.69) is 23.8 Å². The zero-order valence-corrected chi connectivity index (χ0v) is 29.8. The van der Waals surface area contributed by atoms with Gasteiger partial charge in [0.15, 0.2) is 12.1 Å². The molecule has 38 heavy (non-hydrogen) atoms. The van der Waals surface area contributed by atoms with Crippen LogP contribution in [0.25, 0.3) is 0 Å². The van der Waals surface area contributed by atoms with Crippen molar-refractivity contribution in [1.29, 1.82) is 0 Å². The Bertz CT molecular complexity index is 603. The molecule has 0 heterocycles. The smallest absolute Gasteiger partial charge is 0.862 e. The first-order chi connectivity index (χ1) is 17.3. The second-order valence-electron chi connectivity index (χ2n) is 9.07. The van der Waals surface area contributed by atoms with Crippen LogP contribution >= 0.6 is 21.6 Å². The van der Waals surface area contributed by atoms with Gasteiger partial charge in [0.25, 0.3) is 0 Å². The Labute approximate surface area is 282 Å². The molecular weight excluding hydrogens is 546 g/mol. The quantitative estimate of drug-likeness (QED) is 0.0455. The van der Waals surface area contributed by atoms with Gasteiger partial charge in [-0.1, -0.05) is 112 Å². The van der Waals surface area contributed by atoms with E-state index >= 15 is 0 Å². The van der Waals surface area contributed by atoms with E-state index in [1.165, 1.54) is 38.5 Å². The number of hydrogen-bond acceptors (Lipinski definition) is 8. The average molecular weight is 593 g/mol. The van der Waals surface area contributed by atoms with Crippen molar-refractivity contribution in [2.24, 2.45) is 9.98 Å². The summed E-state index contributed by atoms with van der Waals surface area (Å²) in [6, 6.07) is -2.34. The number of carboxylic acid groups (broad SMARTS) is 2. The maximum absolute atomic E-state index is 12.0. The Balaban J connectivity index is -0.00000612. The van der Waals surface area contributed by atoms with Crippen molar-refractivity contribution >= 4 is 45.3 Å². The standard InChI is InChI=1S/C26H48N2O6S2.2Na/c1-3-5-7-9-11-13-15-17-23(29)27-21(25(31)32)19-35-36-20-22(26(33)34)28-24(30)18-16-14-12-10-8-6-4-2;;/h21-22H,3-20H2,1-2H3,(H,27,29)(H,28,30)(H,31,32)(H,33,34);;/q;2*+1/p-2/t21-,22-;;/m0../s1. The van der Waals surface area contributed by atoms with Gasteiger partial charge in [-0.05, 0) is 37.5 Å². The van der Waals surface area contributed by atoms with Crippen LogP contribution in [0.5, 0.6) is 0 Å². The Hall–Kier alpha value is 0.580. The minimum Gasteiger partial charge on any atom is -0.862 e. The van der Waals surface area contributed by atoms with Gasteiger partial charge < -0.3 is 20.4 Å². The fourth-order valence-corrected chi connectivity index (χ4v) is 5.73. The Kier molecular flexibility index (Phi) is 34.6. The third-order valence-electron chi connectivity index (χ3n) is 5.69. The molecule has 0 aromatic rings. The van der Waals surface area contributed by atoms with Crippen molar-refractivity contribution in [3.05, 3.63) is 0 Å². The van der Waals surface area contributed by atoms with E-state index in [4.69, 9.17) is 0 Å². The summed E-state index contributed by atoms with van der Waals surface area (Å²) in [5.74, 6) is -3.09. The van der Waals surface area contributed by atoms with Crippen LogP contribution < -0.4 is 69.3 Å². The van der Waals surface area contributed by atoms with Gasteiger partial charge in [-0.25, -0.2) is 9.59 Å². The van der Waals surface area contributed by atoms with E-state index in [1.807, 2.05) is 0 Å². The molecule has 0 aromatic carbocycles. The Morgan fingerprint density at radius 1 is 0.605 bits per heavy atom. The molecule has 0 spiro atoms. The first-order valence-electron chi connectivity index (χ1n) is 13.5. The molecule has 0 bridgehead atoms. The number of hydrogen-bond donors (Lipinski definition) is 2. The number of nitrogens with zero attached hydrogens (tertiary/aromatic N) is 2. The summed E-state index contributed by atoms with van der Waals surface area (Å²) in [4.78, 5) is 30.6. The van der Waals surface area contributed by atoms with Crippen LogP contribution in [0.4, 0.5) is 0 Å². The van der Waals surface area contributed by atoms with E-state index in [0.717, 1.165) is 60.1 Å². The number of aliphatic imine (C=N–C) groups is 2. The van der Waals surface area contributed by atoms with Gasteiger partial charge in [0.05, 0.1) is 0 Å². The largest absolute Gasteiger partial charge is 1.00 e.